The Hall–Kier alpha value is -0.100. The first-order valence-corrected chi connectivity index (χ1v) is 9.44. The van der Waals surface area contributed by atoms with Crippen LogP contribution < -0.4 is 0 Å². The SMILES string of the molecule is CCCCCN(C(C)C)S(=O)(=O)c1cc(CCl)cs1. The number of sulfonamides is 1. The molecule has 1 aromatic heterocycles. The average molecular weight is 324 g/mol. The van der Waals surface area contributed by atoms with Crippen molar-refractivity contribution in [1.29, 1.82) is 0 Å². The quantitative estimate of drug-likeness (QED) is 0.534. The molecule has 1 rings (SSSR count). The van der Waals surface area contributed by atoms with Gasteiger partial charge in [0.15, 0.2) is 0 Å². The number of hydrogen-bond donors (Lipinski definition) is 0. The molecule has 6 heteroatoms. The highest BCUT2D eigenvalue weighted by Gasteiger charge is 2.27. The van der Waals surface area contributed by atoms with E-state index in [0.29, 0.717) is 16.6 Å². The van der Waals surface area contributed by atoms with Crippen LogP contribution in [0.5, 0.6) is 0 Å². The molecule has 19 heavy (non-hydrogen) atoms. The van der Waals surface area contributed by atoms with E-state index < -0.39 is 10.0 Å². The Morgan fingerprint density at radius 3 is 2.53 bits per heavy atom. The summed E-state index contributed by atoms with van der Waals surface area (Å²) in [4.78, 5) is 0. The van der Waals surface area contributed by atoms with Crippen molar-refractivity contribution in [2.24, 2.45) is 0 Å². The van der Waals surface area contributed by atoms with Gasteiger partial charge in [-0.3, -0.25) is 0 Å². The molecule has 0 unspecified atom stereocenters. The second-order valence-corrected chi connectivity index (χ2v) is 8.12. The van der Waals surface area contributed by atoms with Crippen LogP contribution in [0.3, 0.4) is 0 Å². The van der Waals surface area contributed by atoms with E-state index in [-0.39, 0.29) is 6.04 Å². The molecule has 0 aliphatic heterocycles. The lowest BCUT2D eigenvalue weighted by Crippen LogP contribution is -2.37. The zero-order valence-electron chi connectivity index (χ0n) is 11.7. The van der Waals surface area contributed by atoms with Crippen LogP contribution in [-0.4, -0.2) is 25.3 Å². The number of alkyl halides is 1. The van der Waals surface area contributed by atoms with E-state index >= 15 is 0 Å². The lowest BCUT2D eigenvalue weighted by molar-refractivity contribution is 0.346. The predicted molar refractivity (Wildman–Crippen MR) is 82.4 cm³/mol. The first kappa shape index (κ1) is 17.0. The summed E-state index contributed by atoms with van der Waals surface area (Å²) in [5.74, 6) is 0.351. The zero-order chi connectivity index (χ0) is 14.5. The van der Waals surface area contributed by atoms with E-state index in [0.717, 1.165) is 24.8 Å². The molecule has 0 bridgehead atoms. The van der Waals surface area contributed by atoms with E-state index in [9.17, 15) is 8.42 Å². The molecule has 1 aromatic rings. The summed E-state index contributed by atoms with van der Waals surface area (Å²) in [6.07, 6.45) is 3.04. The van der Waals surface area contributed by atoms with Crippen molar-refractivity contribution in [3.05, 3.63) is 17.0 Å². The van der Waals surface area contributed by atoms with Crippen molar-refractivity contribution >= 4 is 33.0 Å². The number of unbranched alkanes of at least 4 members (excludes halogenated alkanes) is 2. The van der Waals surface area contributed by atoms with Crippen molar-refractivity contribution in [3.8, 4) is 0 Å². The lowest BCUT2D eigenvalue weighted by atomic mass is 10.2. The number of halogens is 1. The molecule has 1 heterocycles. The third-order valence-electron chi connectivity index (χ3n) is 2.90. The Kier molecular flexibility index (Phi) is 6.80. The first-order valence-electron chi connectivity index (χ1n) is 6.58. The molecule has 0 N–H and O–H groups in total. The van der Waals surface area contributed by atoms with Crippen molar-refractivity contribution in [2.75, 3.05) is 6.54 Å². The van der Waals surface area contributed by atoms with Gasteiger partial charge in [-0.1, -0.05) is 19.8 Å². The number of nitrogens with zero attached hydrogens (tertiary/aromatic N) is 1. The number of rotatable bonds is 8. The van der Waals surface area contributed by atoms with Crippen LogP contribution in [0.15, 0.2) is 15.7 Å². The first-order chi connectivity index (χ1) is 8.93. The van der Waals surface area contributed by atoms with E-state index in [4.69, 9.17) is 11.6 Å². The van der Waals surface area contributed by atoms with Gasteiger partial charge in [-0.2, -0.15) is 4.31 Å². The molecule has 3 nitrogen and oxygen atoms in total. The normalized spacial score (nSPS) is 12.5. The average Bonchev–Trinajstić information content (AvgIpc) is 2.83. The van der Waals surface area contributed by atoms with Gasteiger partial charge in [-0.05, 0) is 37.3 Å². The predicted octanol–water partition coefficient (Wildman–Crippen LogP) is 4.08. The van der Waals surface area contributed by atoms with Gasteiger partial charge in [-0.15, -0.1) is 22.9 Å². The van der Waals surface area contributed by atoms with Crippen molar-refractivity contribution in [3.63, 3.8) is 0 Å². The fourth-order valence-electron chi connectivity index (χ4n) is 1.85. The largest absolute Gasteiger partial charge is 0.252 e. The molecular formula is C13H22ClNO2S2. The molecule has 110 valence electrons. The highest BCUT2D eigenvalue weighted by molar-refractivity contribution is 7.91. The maximum Gasteiger partial charge on any atom is 0.252 e. The van der Waals surface area contributed by atoms with Crippen LogP contribution >= 0.6 is 22.9 Å². The zero-order valence-corrected chi connectivity index (χ0v) is 14.1. The van der Waals surface area contributed by atoms with Crippen LogP contribution in [-0.2, 0) is 15.9 Å². The van der Waals surface area contributed by atoms with E-state index in [1.165, 1.54) is 11.3 Å². The molecule has 0 saturated carbocycles. The van der Waals surface area contributed by atoms with Crippen molar-refractivity contribution in [1.82, 2.24) is 4.31 Å². The number of thiophene rings is 1. The highest BCUT2D eigenvalue weighted by Crippen LogP contribution is 2.26. The fourth-order valence-corrected chi connectivity index (χ4v) is 5.11. The van der Waals surface area contributed by atoms with Gasteiger partial charge in [0, 0.05) is 18.5 Å². The van der Waals surface area contributed by atoms with Crippen LogP contribution in [0.25, 0.3) is 0 Å². The Morgan fingerprint density at radius 1 is 1.37 bits per heavy atom. The lowest BCUT2D eigenvalue weighted by Gasteiger charge is -2.25. The smallest absolute Gasteiger partial charge is 0.206 e. The molecule has 0 atom stereocenters. The molecule has 0 fully saturated rings. The van der Waals surface area contributed by atoms with E-state index in [1.807, 2.05) is 19.2 Å². The summed E-state index contributed by atoms with van der Waals surface area (Å²) in [5.41, 5.74) is 0.863. The van der Waals surface area contributed by atoms with Gasteiger partial charge in [0.05, 0.1) is 0 Å². The number of hydrogen-bond acceptors (Lipinski definition) is 3. The molecule has 0 spiro atoms. The summed E-state index contributed by atoms with van der Waals surface area (Å²) in [6.45, 7) is 6.53. The minimum Gasteiger partial charge on any atom is -0.206 e. The fraction of sp³-hybridized carbons (Fsp3) is 0.692. The second kappa shape index (κ2) is 7.62. The summed E-state index contributed by atoms with van der Waals surface area (Å²) in [6, 6.07) is 1.66. The Morgan fingerprint density at radius 2 is 2.05 bits per heavy atom. The minimum atomic E-state index is -3.38. The molecule has 0 aliphatic carbocycles. The van der Waals surface area contributed by atoms with Crippen LogP contribution in [0, 0.1) is 0 Å². The Bertz CT molecular complexity index is 483. The summed E-state index contributed by atoms with van der Waals surface area (Å²) in [5, 5.41) is 1.81. The molecule has 0 saturated heterocycles. The summed E-state index contributed by atoms with van der Waals surface area (Å²) >= 11 is 6.99. The van der Waals surface area contributed by atoms with E-state index in [1.54, 1.807) is 10.4 Å². The Balaban J connectivity index is 2.92. The highest BCUT2D eigenvalue weighted by atomic mass is 35.5. The van der Waals surface area contributed by atoms with Gasteiger partial charge in [0.2, 0.25) is 0 Å². The molecule has 0 amide bonds. The second-order valence-electron chi connectivity index (χ2n) is 4.82. The van der Waals surface area contributed by atoms with E-state index in [2.05, 4.69) is 6.92 Å². The summed E-state index contributed by atoms with van der Waals surface area (Å²) in [7, 11) is -3.38. The van der Waals surface area contributed by atoms with Crippen molar-refractivity contribution < 1.29 is 8.42 Å². The molecule has 0 aliphatic rings. The van der Waals surface area contributed by atoms with Gasteiger partial charge >= 0.3 is 0 Å². The maximum atomic E-state index is 12.6. The Labute approximate surface area is 125 Å². The molecule has 0 radical (unpaired) electrons. The van der Waals surface area contributed by atoms with Crippen molar-refractivity contribution in [2.45, 2.75) is 56.2 Å². The van der Waals surface area contributed by atoms with Gasteiger partial charge in [0.1, 0.15) is 4.21 Å². The third kappa shape index (κ3) is 4.45. The van der Waals surface area contributed by atoms with Gasteiger partial charge in [-0.25, -0.2) is 8.42 Å². The monoisotopic (exact) mass is 323 g/mol. The van der Waals surface area contributed by atoms with Gasteiger partial charge < -0.3 is 0 Å². The van der Waals surface area contributed by atoms with Gasteiger partial charge in [0.25, 0.3) is 10.0 Å². The standard InChI is InChI=1S/C13H22ClNO2S2/c1-4-5-6-7-15(11(2)3)19(16,17)13-8-12(9-14)10-18-13/h8,10-11H,4-7,9H2,1-3H3. The van der Waals surface area contributed by atoms with Crippen LogP contribution in [0.4, 0.5) is 0 Å². The minimum absolute atomic E-state index is 0.0246. The maximum absolute atomic E-state index is 12.6. The van der Waals surface area contributed by atoms with Crippen LogP contribution in [0.1, 0.15) is 45.6 Å². The van der Waals surface area contributed by atoms with Crippen LogP contribution in [0.2, 0.25) is 0 Å². The topological polar surface area (TPSA) is 37.4 Å². The molecule has 0 aromatic carbocycles. The summed E-state index contributed by atoms with van der Waals surface area (Å²) < 4.78 is 27.2. The third-order valence-corrected chi connectivity index (χ3v) is 6.75. The molecular weight excluding hydrogens is 302 g/mol.